The average Bonchev–Trinajstić information content (AvgIpc) is 3.22. The maximum atomic E-state index is 15.2. The number of aliphatic hydroxyl groups excluding tert-OH is 1. The Morgan fingerprint density at radius 3 is 2.57 bits per heavy atom. The first-order chi connectivity index (χ1) is 16.8. The van der Waals surface area contributed by atoms with Gasteiger partial charge in [-0.3, -0.25) is 0 Å². The van der Waals surface area contributed by atoms with Gasteiger partial charge in [-0.15, -0.1) is 5.10 Å². The lowest BCUT2D eigenvalue weighted by Crippen LogP contribution is -2.16. The van der Waals surface area contributed by atoms with Crippen molar-refractivity contribution in [2.45, 2.75) is 32.8 Å². The van der Waals surface area contributed by atoms with E-state index < -0.39 is 11.9 Å². The number of benzene rings is 2. The molecule has 2 heterocycles. The second kappa shape index (κ2) is 10.2. The predicted octanol–water partition coefficient (Wildman–Crippen LogP) is 5.82. The SMILES string of the molecule is C=C(C)c1cc(-c2ccn3nc(N)nc3c2)cc(OCCC(CC)C(O)c2ccc(F)cc2)c1F. The number of ether oxygens (including phenoxy) is 1. The Kier molecular flexibility index (Phi) is 7.12. The van der Waals surface area contributed by atoms with Crippen molar-refractivity contribution in [2.24, 2.45) is 5.92 Å². The fourth-order valence-electron chi connectivity index (χ4n) is 4.10. The Balaban J connectivity index is 1.55. The first-order valence-corrected chi connectivity index (χ1v) is 11.4. The van der Waals surface area contributed by atoms with Gasteiger partial charge in [0, 0.05) is 11.8 Å². The Morgan fingerprint density at radius 2 is 1.89 bits per heavy atom. The number of allylic oxidation sites excluding steroid dienone is 1. The number of anilines is 1. The number of halogens is 2. The zero-order chi connectivity index (χ0) is 25.1. The number of hydrogen-bond acceptors (Lipinski definition) is 5. The lowest BCUT2D eigenvalue weighted by molar-refractivity contribution is 0.0893. The number of fused-ring (bicyclic) bond motifs is 1. The largest absolute Gasteiger partial charge is 0.490 e. The lowest BCUT2D eigenvalue weighted by atomic mass is 9.91. The molecule has 0 aliphatic heterocycles. The van der Waals surface area contributed by atoms with Crippen LogP contribution in [0.5, 0.6) is 5.75 Å². The normalized spacial score (nSPS) is 13.1. The van der Waals surface area contributed by atoms with Crippen molar-refractivity contribution >= 4 is 17.2 Å². The number of aromatic nitrogens is 3. The van der Waals surface area contributed by atoms with Crippen LogP contribution < -0.4 is 10.5 Å². The molecule has 35 heavy (non-hydrogen) atoms. The fraction of sp³-hybridized carbons (Fsp3) is 0.259. The summed E-state index contributed by atoms with van der Waals surface area (Å²) in [7, 11) is 0. The zero-order valence-electron chi connectivity index (χ0n) is 19.7. The van der Waals surface area contributed by atoms with Gasteiger partial charge < -0.3 is 15.6 Å². The minimum atomic E-state index is -0.770. The highest BCUT2D eigenvalue weighted by molar-refractivity contribution is 5.75. The first-order valence-electron chi connectivity index (χ1n) is 11.4. The van der Waals surface area contributed by atoms with E-state index in [1.54, 1.807) is 41.9 Å². The van der Waals surface area contributed by atoms with Gasteiger partial charge in [-0.2, -0.15) is 4.98 Å². The summed E-state index contributed by atoms with van der Waals surface area (Å²) in [5.74, 6) is -0.698. The molecule has 0 saturated carbocycles. The van der Waals surface area contributed by atoms with Crippen LogP contribution in [0.4, 0.5) is 14.7 Å². The first kappa shape index (κ1) is 24.3. The molecule has 0 spiro atoms. The third-order valence-corrected chi connectivity index (χ3v) is 6.11. The molecule has 4 aromatic rings. The van der Waals surface area contributed by atoms with Crippen molar-refractivity contribution in [3.63, 3.8) is 0 Å². The molecule has 4 rings (SSSR count). The van der Waals surface area contributed by atoms with Crippen molar-refractivity contribution in [2.75, 3.05) is 12.3 Å². The molecule has 182 valence electrons. The van der Waals surface area contributed by atoms with Crippen LogP contribution in [0.1, 0.15) is 43.9 Å². The number of nitrogens with two attached hydrogens (primary N) is 1. The second-order valence-corrected chi connectivity index (χ2v) is 8.61. The molecule has 3 N–H and O–H groups in total. The Labute approximate surface area is 202 Å². The fourth-order valence-corrected chi connectivity index (χ4v) is 4.10. The lowest BCUT2D eigenvalue weighted by Gasteiger charge is -2.22. The Bertz CT molecular complexity index is 1350. The molecule has 2 aromatic heterocycles. The topological polar surface area (TPSA) is 85.7 Å². The molecule has 0 fully saturated rings. The number of hydrogen-bond donors (Lipinski definition) is 2. The third-order valence-electron chi connectivity index (χ3n) is 6.11. The van der Waals surface area contributed by atoms with Gasteiger partial charge in [0.05, 0.1) is 12.7 Å². The van der Waals surface area contributed by atoms with Crippen molar-refractivity contribution < 1.29 is 18.6 Å². The number of nitrogen functional groups attached to an aromatic ring is 1. The van der Waals surface area contributed by atoms with Crippen LogP contribution in [-0.2, 0) is 0 Å². The highest BCUT2D eigenvalue weighted by Crippen LogP contribution is 2.34. The minimum absolute atomic E-state index is 0.104. The van der Waals surface area contributed by atoms with E-state index in [1.165, 1.54) is 12.1 Å². The molecule has 0 radical (unpaired) electrons. The van der Waals surface area contributed by atoms with E-state index in [4.69, 9.17) is 10.5 Å². The van der Waals surface area contributed by atoms with Crippen LogP contribution in [0.3, 0.4) is 0 Å². The van der Waals surface area contributed by atoms with E-state index in [1.807, 2.05) is 19.1 Å². The molecule has 2 unspecified atom stereocenters. The molecule has 0 aliphatic carbocycles. The van der Waals surface area contributed by atoms with Gasteiger partial charge >= 0.3 is 0 Å². The zero-order valence-corrected chi connectivity index (χ0v) is 19.7. The molecular weight excluding hydrogens is 450 g/mol. The Hall–Kier alpha value is -3.78. The van der Waals surface area contributed by atoms with Crippen LogP contribution in [0.2, 0.25) is 0 Å². The standard InChI is InChI=1S/C27H28F2N4O2/c1-4-17(26(34)18-5-7-21(28)8-6-18)10-12-35-23-14-20(13-22(16(2)3)25(23)29)19-9-11-33-24(15-19)31-27(30)32-33/h5-9,11,13-15,17,26,34H,2,4,10,12H2,1,3H3,(H2,30,32). The van der Waals surface area contributed by atoms with Gasteiger partial charge in [0.15, 0.2) is 17.2 Å². The van der Waals surface area contributed by atoms with E-state index in [0.717, 1.165) is 11.1 Å². The van der Waals surface area contributed by atoms with E-state index in [-0.39, 0.29) is 30.0 Å². The molecule has 6 nitrogen and oxygen atoms in total. The van der Waals surface area contributed by atoms with E-state index in [9.17, 15) is 9.50 Å². The molecule has 0 amide bonds. The molecule has 0 saturated heterocycles. The van der Waals surface area contributed by atoms with E-state index >= 15 is 4.39 Å². The number of pyridine rings is 1. The van der Waals surface area contributed by atoms with E-state index in [0.29, 0.717) is 35.2 Å². The summed E-state index contributed by atoms with van der Waals surface area (Å²) in [5, 5.41) is 14.8. The summed E-state index contributed by atoms with van der Waals surface area (Å²) in [6.45, 7) is 7.80. The van der Waals surface area contributed by atoms with Gasteiger partial charge in [-0.1, -0.05) is 32.1 Å². The van der Waals surface area contributed by atoms with Gasteiger partial charge in [0.1, 0.15) is 5.82 Å². The summed E-state index contributed by atoms with van der Waals surface area (Å²) in [5.41, 5.74) is 9.36. The summed E-state index contributed by atoms with van der Waals surface area (Å²) < 4.78 is 35.9. The summed E-state index contributed by atoms with van der Waals surface area (Å²) in [6, 6.07) is 12.8. The molecule has 8 heteroatoms. The highest BCUT2D eigenvalue weighted by atomic mass is 19.1. The monoisotopic (exact) mass is 478 g/mol. The van der Waals surface area contributed by atoms with Crippen molar-refractivity contribution in [3.05, 3.63) is 84.1 Å². The highest BCUT2D eigenvalue weighted by Gasteiger charge is 2.21. The van der Waals surface area contributed by atoms with Crippen LogP contribution in [0.25, 0.3) is 22.3 Å². The van der Waals surface area contributed by atoms with Crippen LogP contribution in [-0.4, -0.2) is 26.3 Å². The maximum Gasteiger partial charge on any atom is 0.240 e. The summed E-state index contributed by atoms with van der Waals surface area (Å²) in [6.07, 6.45) is 2.14. The van der Waals surface area contributed by atoms with Gasteiger partial charge in [0.25, 0.3) is 0 Å². The summed E-state index contributed by atoms with van der Waals surface area (Å²) in [4.78, 5) is 4.18. The van der Waals surface area contributed by atoms with Crippen LogP contribution in [0, 0.1) is 17.6 Å². The van der Waals surface area contributed by atoms with Crippen LogP contribution in [0.15, 0.2) is 61.3 Å². The third kappa shape index (κ3) is 5.33. The molecule has 2 aromatic carbocycles. The smallest absolute Gasteiger partial charge is 0.240 e. The number of rotatable bonds is 9. The maximum absolute atomic E-state index is 15.2. The van der Waals surface area contributed by atoms with Gasteiger partial charge in [-0.25, -0.2) is 13.3 Å². The van der Waals surface area contributed by atoms with Gasteiger partial charge in [0.2, 0.25) is 5.95 Å². The van der Waals surface area contributed by atoms with Gasteiger partial charge in [-0.05, 0) is 77.9 Å². The minimum Gasteiger partial charge on any atom is -0.490 e. The predicted molar refractivity (Wildman–Crippen MR) is 133 cm³/mol. The number of nitrogens with zero attached hydrogens (tertiary/aromatic N) is 3. The van der Waals surface area contributed by atoms with Crippen molar-refractivity contribution in [1.29, 1.82) is 0 Å². The molecule has 0 aliphatic rings. The van der Waals surface area contributed by atoms with E-state index in [2.05, 4.69) is 16.7 Å². The van der Waals surface area contributed by atoms with Crippen LogP contribution >= 0.6 is 0 Å². The number of aliphatic hydroxyl groups is 1. The summed E-state index contributed by atoms with van der Waals surface area (Å²) >= 11 is 0. The van der Waals surface area contributed by atoms with Crippen molar-refractivity contribution in [3.8, 4) is 16.9 Å². The second-order valence-electron chi connectivity index (χ2n) is 8.61. The molecule has 0 bridgehead atoms. The quantitative estimate of drug-likeness (QED) is 0.317. The van der Waals surface area contributed by atoms with Crippen molar-refractivity contribution in [1.82, 2.24) is 14.6 Å². The molecular formula is C27H28F2N4O2. The average molecular weight is 479 g/mol. The Morgan fingerprint density at radius 1 is 1.14 bits per heavy atom. The molecule has 2 atom stereocenters.